The number of rotatable bonds is 5. The molecule has 1 aliphatic rings. The fourth-order valence-electron chi connectivity index (χ4n) is 3.68. The van der Waals surface area contributed by atoms with E-state index in [2.05, 4.69) is 25.8 Å². The van der Waals surface area contributed by atoms with Crippen molar-refractivity contribution in [2.24, 2.45) is 0 Å². The highest BCUT2D eigenvalue weighted by Gasteiger charge is 2.27. The van der Waals surface area contributed by atoms with E-state index in [-0.39, 0.29) is 11.5 Å². The Hall–Kier alpha value is -3.40. The third-order valence-electron chi connectivity index (χ3n) is 5.06. The van der Waals surface area contributed by atoms with Crippen LogP contribution in [0.4, 0.5) is 0 Å². The number of nitrogens with zero attached hydrogens (tertiary/aromatic N) is 6. The molecule has 1 amide bonds. The lowest BCUT2D eigenvalue weighted by molar-refractivity contribution is 0.0951. The second-order valence-corrected chi connectivity index (χ2v) is 7.89. The Balaban J connectivity index is 1.36. The number of carbonyl (C=O) groups excluding carboxylic acids is 1. The predicted octanol–water partition coefficient (Wildman–Crippen LogP) is 1.35. The van der Waals surface area contributed by atoms with E-state index in [1.807, 2.05) is 12.1 Å². The van der Waals surface area contributed by atoms with Crippen molar-refractivity contribution in [2.45, 2.75) is 25.8 Å². The zero-order valence-corrected chi connectivity index (χ0v) is 16.2. The van der Waals surface area contributed by atoms with E-state index in [1.165, 1.54) is 26.8 Å². The van der Waals surface area contributed by atoms with Gasteiger partial charge in [-0.1, -0.05) is 12.1 Å². The lowest BCUT2D eigenvalue weighted by atomic mass is 10.1. The van der Waals surface area contributed by atoms with Gasteiger partial charge in [-0.15, -0.1) is 16.4 Å². The van der Waals surface area contributed by atoms with E-state index in [1.54, 1.807) is 23.5 Å². The first-order chi connectivity index (χ1) is 14.2. The van der Waals surface area contributed by atoms with Gasteiger partial charge in [0.2, 0.25) is 0 Å². The number of amides is 1. The standard InChI is InChI=1S/C19H17N7O2S/c27-17(16-13-5-3-7-15(13)29-19(16)26-11-22-23-24-26)20-8-9-25-10-21-14-6-2-1-4-12(14)18(25)28/h1-2,4,6,10-11H,3,5,7-9H2,(H,20,27). The molecular formula is C19H17N7O2S. The number of hydrogen-bond donors (Lipinski definition) is 1. The van der Waals surface area contributed by atoms with E-state index >= 15 is 0 Å². The van der Waals surface area contributed by atoms with E-state index in [0.29, 0.717) is 29.6 Å². The first-order valence-corrected chi connectivity index (χ1v) is 10.1. The summed E-state index contributed by atoms with van der Waals surface area (Å²) in [4.78, 5) is 31.1. The summed E-state index contributed by atoms with van der Waals surface area (Å²) in [6.45, 7) is 0.660. The summed E-state index contributed by atoms with van der Waals surface area (Å²) in [7, 11) is 0. The van der Waals surface area contributed by atoms with Crippen LogP contribution in [0.2, 0.25) is 0 Å². The summed E-state index contributed by atoms with van der Waals surface area (Å²) < 4.78 is 3.05. The highest BCUT2D eigenvalue weighted by molar-refractivity contribution is 7.15. The van der Waals surface area contributed by atoms with Crippen molar-refractivity contribution in [3.05, 3.63) is 63.3 Å². The van der Waals surface area contributed by atoms with Crippen molar-refractivity contribution in [3.8, 4) is 5.00 Å². The van der Waals surface area contributed by atoms with Crippen molar-refractivity contribution in [1.82, 2.24) is 35.1 Å². The number of para-hydroxylation sites is 1. The van der Waals surface area contributed by atoms with Gasteiger partial charge in [0.05, 0.1) is 22.8 Å². The maximum Gasteiger partial charge on any atom is 0.261 e. The Bertz CT molecular complexity index is 1260. The van der Waals surface area contributed by atoms with Gasteiger partial charge in [0.25, 0.3) is 11.5 Å². The van der Waals surface area contributed by atoms with Crippen LogP contribution in [0.1, 0.15) is 27.2 Å². The molecule has 5 rings (SSSR count). The Morgan fingerprint density at radius 1 is 1.21 bits per heavy atom. The summed E-state index contributed by atoms with van der Waals surface area (Å²) in [6, 6.07) is 7.23. The van der Waals surface area contributed by atoms with E-state index in [9.17, 15) is 9.59 Å². The second-order valence-electron chi connectivity index (χ2n) is 6.81. The number of aromatic nitrogens is 6. The molecule has 0 saturated carbocycles. The maximum atomic E-state index is 13.0. The van der Waals surface area contributed by atoms with Gasteiger partial charge in [-0.25, -0.2) is 4.98 Å². The van der Waals surface area contributed by atoms with Gasteiger partial charge in [-0.3, -0.25) is 14.2 Å². The number of carbonyl (C=O) groups is 1. The van der Waals surface area contributed by atoms with Crippen LogP contribution >= 0.6 is 11.3 Å². The first kappa shape index (κ1) is 17.7. The minimum atomic E-state index is -0.170. The zero-order chi connectivity index (χ0) is 19.8. The van der Waals surface area contributed by atoms with Crippen LogP contribution in [0.15, 0.2) is 41.7 Å². The SMILES string of the molecule is O=C(NCCn1cnc2ccccc2c1=O)c1c(-n2cnnn2)sc2c1CCC2. The molecule has 9 nitrogen and oxygen atoms in total. The number of nitrogens with one attached hydrogen (secondary N) is 1. The molecule has 4 aromatic rings. The number of fused-ring (bicyclic) bond motifs is 2. The van der Waals surface area contributed by atoms with Gasteiger partial charge in [0.15, 0.2) is 0 Å². The average Bonchev–Trinajstić information content (AvgIpc) is 3.46. The summed E-state index contributed by atoms with van der Waals surface area (Å²) in [5, 5.41) is 15.5. The zero-order valence-electron chi connectivity index (χ0n) is 15.4. The van der Waals surface area contributed by atoms with Crippen LogP contribution in [0.25, 0.3) is 15.9 Å². The fraction of sp³-hybridized carbons (Fsp3) is 0.263. The third-order valence-corrected chi connectivity index (χ3v) is 6.34. The van der Waals surface area contributed by atoms with Crippen LogP contribution in [0.3, 0.4) is 0 Å². The van der Waals surface area contributed by atoms with Gasteiger partial charge in [-0.05, 0) is 47.4 Å². The van der Waals surface area contributed by atoms with Crippen LogP contribution in [-0.4, -0.2) is 42.2 Å². The molecular weight excluding hydrogens is 390 g/mol. The van der Waals surface area contributed by atoms with Crippen LogP contribution < -0.4 is 10.9 Å². The molecule has 1 aromatic carbocycles. The lowest BCUT2D eigenvalue weighted by Gasteiger charge is -2.10. The summed E-state index contributed by atoms with van der Waals surface area (Å²) in [5.41, 5.74) is 2.27. The number of thiophene rings is 1. The number of benzene rings is 1. The van der Waals surface area contributed by atoms with Crippen molar-refractivity contribution < 1.29 is 4.79 Å². The quantitative estimate of drug-likeness (QED) is 0.535. The van der Waals surface area contributed by atoms with Gasteiger partial charge in [0, 0.05) is 18.0 Å². The van der Waals surface area contributed by atoms with Crippen molar-refractivity contribution in [2.75, 3.05) is 6.54 Å². The third kappa shape index (κ3) is 3.11. The molecule has 1 aliphatic carbocycles. The summed E-state index contributed by atoms with van der Waals surface area (Å²) in [5.74, 6) is -0.170. The molecule has 3 aromatic heterocycles. The molecule has 0 aliphatic heterocycles. The van der Waals surface area contributed by atoms with E-state index in [0.717, 1.165) is 29.8 Å². The Morgan fingerprint density at radius 2 is 2.10 bits per heavy atom. The van der Waals surface area contributed by atoms with Gasteiger partial charge >= 0.3 is 0 Å². The molecule has 146 valence electrons. The van der Waals surface area contributed by atoms with Crippen LogP contribution in [0, 0.1) is 0 Å². The normalized spacial score (nSPS) is 13.0. The van der Waals surface area contributed by atoms with Crippen molar-refractivity contribution in [1.29, 1.82) is 0 Å². The molecule has 0 saturated heterocycles. The van der Waals surface area contributed by atoms with Crippen molar-refractivity contribution in [3.63, 3.8) is 0 Å². The fourth-order valence-corrected chi connectivity index (χ4v) is 4.99. The molecule has 1 N–H and O–H groups in total. The van der Waals surface area contributed by atoms with Gasteiger partial charge < -0.3 is 5.32 Å². The number of aryl methyl sites for hydroxylation is 1. The van der Waals surface area contributed by atoms with Gasteiger partial charge in [0.1, 0.15) is 11.3 Å². The molecule has 0 unspecified atom stereocenters. The lowest BCUT2D eigenvalue weighted by Crippen LogP contribution is -2.31. The summed E-state index contributed by atoms with van der Waals surface area (Å²) in [6.07, 6.45) is 5.92. The molecule has 10 heteroatoms. The number of hydrogen-bond acceptors (Lipinski definition) is 7. The largest absolute Gasteiger partial charge is 0.350 e. The molecule has 0 atom stereocenters. The minimum Gasteiger partial charge on any atom is -0.350 e. The molecule has 0 bridgehead atoms. The molecule has 0 fully saturated rings. The maximum absolute atomic E-state index is 13.0. The number of tetrazole rings is 1. The Kier molecular flexibility index (Phi) is 4.39. The highest BCUT2D eigenvalue weighted by atomic mass is 32.1. The summed E-state index contributed by atoms with van der Waals surface area (Å²) >= 11 is 1.56. The van der Waals surface area contributed by atoms with Crippen molar-refractivity contribution >= 4 is 28.1 Å². The topological polar surface area (TPSA) is 108 Å². The van der Waals surface area contributed by atoms with Crippen LogP contribution in [0.5, 0.6) is 0 Å². The smallest absolute Gasteiger partial charge is 0.261 e. The van der Waals surface area contributed by atoms with E-state index < -0.39 is 0 Å². The highest BCUT2D eigenvalue weighted by Crippen LogP contribution is 2.37. The monoisotopic (exact) mass is 407 g/mol. The molecule has 29 heavy (non-hydrogen) atoms. The van der Waals surface area contributed by atoms with Gasteiger partial charge in [-0.2, -0.15) is 4.68 Å². The Labute approximate surface area is 169 Å². The minimum absolute atomic E-state index is 0.115. The predicted molar refractivity (Wildman–Crippen MR) is 107 cm³/mol. The second kappa shape index (κ2) is 7.21. The molecule has 3 heterocycles. The molecule has 0 radical (unpaired) electrons. The first-order valence-electron chi connectivity index (χ1n) is 9.32. The van der Waals surface area contributed by atoms with Crippen LogP contribution in [-0.2, 0) is 19.4 Å². The molecule has 0 spiro atoms. The Morgan fingerprint density at radius 3 is 2.97 bits per heavy atom. The average molecular weight is 407 g/mol. The van der Waals surface area contributed by atoms with E-state index in [4.69, 9.17) is 0 Å².